The molecule has 0 saturated heterocycles. The lowest BCUT2D eigenvalue weighted by Gasteiger charge is -2.15. The number of carbonyl (C=O) groups is 1. The highest BCUT2D eigenvalue weighted by Crippen LogP contribution is 2.12. The van der Waals surface area contributed by atoms with Gasteiger partial charge in [0, 0.05) is 17.8 Å². The molecule has 4 heterocycles. The molecule has 0 aromatic carbocycles. The molecular formula is C18H18N10O2. The summed E-state index contributed by atoms with van der Waals surface area (Å²) in [5.74, 6) is 0.677. The Balaban J connectivity index is 1.59. The van der Waals surface area contributed by atoms with Gasteiger partial charge in [-0.15, -0.1) is 5.10 Å². The van der Waals surface area contributed by atoms with Crippen LogP contribution in [-0.2, 0) is 4.79 Å². The lowest BCUT2D eigenvalue weighted by Crippen LogP contribution is -2.34. The summed E-state index contributed by atoms with van der Waals surface area (Å²) in [5.41, 5.74) is 1.28. The molecule has 152 valence electrons. The van der Waals surface area contributed by atoms with Crippen molar-refractivity contribution in [1.29, 1.82) is 0 Å². The van der Waals surface area contributed by atoms with Gasteiger partial charge in [0.1, 0.15) is 30.8 Å². The van der Waals surface area contributed by atoms with Crippen molar-refractivity contribution in [1.82, 2.24) is 44.3 Å². The summed E-state index contributed by atoms with van der Waals surface area (Å²) in [6.07, 6.45) is 4.14. The maximum atomic E-state index is 12.8. The van der Waals surface area contributed by atoms with Crippen molar-refractivity contribution in [2.75, 3.05) is 5.32 Å². The third-order valence-corrected chi connectivity index (χ3v) is 4.34. The Labute approximate surface area is 170 Å². The molecule has 0 bridgehead atoms. The Hall–Kier alpha value is -4.22. The second-order valence-corrected chi connectivity index (χ2v) is 6.58. The van der Waals surface area contributed by atoms with E-state index in [9.17, 15) is 9.59 Å². The maximum Gasteiger partial charge on any atom is 0.267 e. The highest BCUT2D eigenvalue weighted by molar-refractivity contribution is 5.92. The molecular weight excluding hydrogens is 388 g/mol. The second kappa shape index (κ2) is 7.66. The molecule has 0 radical (unpaired) electrons. The van der Waals surface area contributed by atoms with Gasteiger partial charge in [-0.3, -0.25) is 9.59 Å². The van der Waals surface area contributed by atoms with Gasteiger partial charge in [0.2, 0.25) is 5.91 Å². The molecule has 0 saturated carbocycles. The van der Waals surface area contributed by atoms with Crippen molar-refractivity contribution in [2.45, 2.75) is 26.8 Å². The second-order valence-electron chi connectivity index (χ2n) is 6.58. The first-order valence-electron chi connectivity index (χ1n) is 9.04. The standard InChI is InChI=1S/C18H18N10O2/c1-11-6-12(2)27(24-11)15-4-5-17(29)28(25-15)13(3)18(30)23-14-7-16(21-9-20-14)26-10-19-8-22-26/h4-10,13H,1-3H3,(H,20,21,23,30). The molecule has 12 nitrogen and oxygen atoms in total. The number of amides is 1. The quantitative estimate of drug-likeness (QED) is 0.509. The van der Waals surface area contributed by atoms with Crippen molar-refractivity contribution in [3.05, 3.63) is 65.0 Å². The molecule has 4 rings (SSSR count). The van der Waals surface area contributed by atoms with Crippen molar-refractivity contribution >= 4 is 11.7 Å². The largest absolute Gasteiger partial charge is 0.309 e. The van der Waals surface area contributed by atoms with Crippen molar-refractivity contribution < 1.29 is 4.79 Å². The average Bonchev–Trinajstić information content (AvgIpc) is 3.38. The van der Waals surface area contributed by atoms with E-state index in [1.54, 1.807) is 23.7 Å². The molecule has 4 aromatic heterocycles. The van der Waals surface area contributed by atoms with Crippen LogP contribution in [0, 0.1) is 13.8 Å². The summed E-state index contributed by atoms with van der Waals surface area (Å²) in [5, 5.41) is 15.3. The first kappa shape index (κ1) is 19.1. The smallest absolute Gasteiger partial charge is 0.267 e. The lowest BCUT2D eigenvalue weighted by atomic mass is 10.3. The molecule has 0 aliphatic heterocycles. The zero-order valence-electron chi connectivity index (χ0n) is 16.5. The van der Waals surface area contributed by atoms with Gasteiger partial charge in [-0.1, -0.05) is 0 Å². The monoisotopic (exact) mass is 406 g/mol. The van der Waals surface area contributed by atoms with Crippen LogP contribution in [0.1, 0.15) is 24.4 Å². The van der Waals surface area contributed by atoms with Crippen LogP contribution in [0.2, 0.25) is 0 Å². The number of nitrogens with zero attached hydrogens (tertiary/aromatic N) is 9. The molecule has 12 heteroatoms. The summed E-state index contributed by atoms with van der Waals surface area (Å²) in [6.45, 7) is 5.33. The molecule has 1 N–H and O–H groups in total. The van der Waals surface area contributed by atoms with Crippen molar-refractivity contribution in [3.63, 3.8) is 0 Å². The first-order chi connectivity index (χ1) is 14.4. The fraction of sp³-hybridized carbons (Fsp3) is 0.222. The van der Waals surface area contributed by atoms with Gasteiger partial charge in [0.05, 0.1) is 5.69 Å². The SMILES string of the molecule is Cc1cc(C)n(-c2ccc(=O)n(C(C)C(=O)Nc3cc(-n4cncn4)ncn3)n2)n1. The zero-order valence-corrected chi connectivity index (χ0v) is 16.5. The number of rotatable bonds is 5. The van der Waals surface area contributed by atoms with Gasteiger partial charge in [0.25, 0.3) is 5.56 Å². The number of hydrogen-bond acceptors (Lipinski definition) is 8. The minimum absolute atomic E-state index is 0.259. The van der Waals surface area contributed by atoms with E-state index in [-0.39, 0.29) is 5.82 Å². The fourth-order valence-electron chi connectivity index (χ4n) is 2.88. The van der Waals surface area contributed by atoms with E-state index >= 15 is 0 Å². The Morgan fingerprint density at radius 2 is 1.90 bits per heavy atom. The van der Waals surface area contributed by atoms with Crippen LogP contribution in [0.25, 0.3) is 11.6 Å². The minimum Gasteiger partial charge on any atom is -0.309 e. The Bertz CT molecular complexity index is 1260. The molecule has 30 heavy (non-hydrogen) atoms. The van der Waals surface area contributed by atoms with Crippen LogP contribution in [-0.4, -0.2) is 50.2 Å². The van der Waals surface area contributed by atoms with Crippen molar-refractivity contribution in [3.8, 4) is 11.6 Å². The Morgan fingerprint density at radius 1 is 1.07 bits per heavy atom. The number of hydrogen-bond donors (Lipinski definition) is 1. The molecule has 0 spiro atoms. The van der Waals surface area contributed by atoms with E-state index in [2.05, 4.69) is 35.6 Å². The minimum atomic E-state index is -0.890. The highest BCUT2D eigenvalue weighted by atomic mass is 16.2. The third-order valence-electron chi connectivity index (χ3n) is 4.34. The summed E-state index contributed by atoms with van der Waals surface area (Å²) >= 11 is 0. The average molecular weight is 406 g/mol. The van der Waals surface area contributed by atoms with E-state index in [4.69, 9.17) is 0 Å². The maximum absolute atomic E-state index is 12.8. The highest BCUT2D eigenvalue weighted by Gasteiger charge is 2.19. The van der Waals surface area contributed by atoms with Crippen LogP contribution in [0.4, 0.5) is 5.82 Å². The van der Waals surface area contributed by atoms with E-state index in [0.717, 1.165) is 16.1 Å². The Morgan fingerprint density at radius 3 is 2.60 bits per heavy atom. The van der Waals surface area contributed by atoms with Crippen LogP contribution >= 0.6 is 0 Å². The number of carbonyl (C=O) groups excluding carboxylic acids is 1. The van der Waals surface area contributed by atoms with Crippen LogP contribution in [0.3, 0.4) is 0 Å². The van der Waals surface area contributed by atoms with Crippen LogP contribution in [0.15, 0.2) is 48.0 Å². The van der Waals surface area contributed by atoms with Gasteiger partial charge >= 0.3 is 0 Å². The van der Waals surface area contributed by atoms with Crippen LogP contribution in [0.5, 0.6) is 0 Å². The van der Waals surface area contributed by atoms with Gasteiger partial charge in [-0.25, -0.2) is 29.0 Å². The van der Waals surface area contributed by atoms with E-state index in [1.165, 1.54) is 29.7 Å². The summed E-state index contributed by atoms with van der Waals surface area (Å²) in [6, 6.07) is 5.48. The van der Waals surface area contributed by atoms with Gasteiger partial charge < -0.3 is 5.32 Å². The molecule has 1 unspecified atom stereocenters. The normalized spacial score (nSPS) is 12.0. The predicted octanol–water partition coefficient (Wildman–Crippen LogP) is 0.616. The fourth-order valence-corrected chi connectivity index (χ4v) is 2.88. The number of aromatic nitrogens is 9. The number of nitrogens with one attached hydrogen (secondary N) is 1. The topological polar surface area (TPSA) is 138 Å². The molecule has 4 aromatic rings. The van der Waals surface area contributed by atoms with E-state index < -0.39 is 17.5 Å². The summed E-state index contributed by atoms with van der Waals surface area (Å²) < 4.78 is 4.16. The van der Waals surface area contributed by atoms with Crippen LogP contribution < -0.4 is 10.9 Å². The van der Waals surface area contributed by atoms with Crippen molar-refractivity contribution in [2.24, 2.45) is 0 Å². The lowest BCUT2D eigenvalue weighted by molar-refractivity contribution is -0.119. The Kier molecular flexibility index (Phi) is 4.88. The molecule has 0 aliphatic rings. The summed E-state index contributed by atoms with van der Waals surface area (Å²) in [4.78, 5) is 37.1. The molecule has 1 amide bonds. The van der Waals surface area contributed by atoms with Gasteiger partial charge in [-0.05, 0) is 32.9 Å². The zero-order chi connectivity index (χ0) is 21.3. The van der Waals surface area contributed by atoms with E-state index in [1.807, 2.05) is 19.9 Å². The van der Waals surface area contributed by atoms with Gasteiger partial charge in [0.15, 0.2) is 11.6 Å². The molecule has 0 fully saturated rings. The van der Waals surface area contributed by atoms with Gasteiger partial charge in [-0.2, -0.15) is 10.2 Å². The predicted molar refractivity (Wildman–Crippen MR) is 105 cm³/mol. The van der Waals surface area contributed by atoms with E-state index in [0.29, 0.717) is 11.6 Å². The number of aryl methyl sites for hydroxylation is 2. The third kappa shape index (κ3) is 3.70. The summed E-state index contributed by atoms with van der Waals surface area (Å²) in [7, 11) is 0. The number of anilines is 1. The first-order valence-corrected chi connectivity index (χ1v) is 9.04. The molecule has 0 aliphatic carbocycles. The molecule has 1 atom stereocenters.